The quantitative estimate of drug-likeness (QED) is 0.742. The third kappa shape index (κ3) is 2.03. The Morgan fingerprint density at radius 2 is 1.71 bits per heavy atom. The van der Waals surface area contributed by atoms with Crippen LogP contribution >= 0.6 is 23.2 Å². The molecule has 0 aliphatic carbocycles. The molecule has 0 aliphatic rings. The highest BCUT2D eigenvalue weighted by Crippen LogP contribution is 2.25. The van der Waals surface area contributed by atoms with E-state index in [2.05, 4.69) is 9.97 Å². The van der Waals surface area contributed by atoms with Gasteiger partial charge in [0.25, 0.3) is 0 Å². The van der Waals surface area contributed by atoms with Crippen molar-refractivity contribution in [2.24, 2.45) is 0 Å². The third-order valence-corrected chi connectivity index (χ3v) is 2.18. The number of hydrogen-bond donors (Lipinski definition) is 0. The SMILES string of the molecule is Clc1cc(Cl)cc(-c2ccncn2)c1. The van der Waals surface area contributed by atoms with Gasteiger partial charge in [-0.15, -0.1) is 0 Å². The van der Waals surface area contributed by atoms with E-state index in [1.807, 2.05) is 18.2 Å². The molecule has 0 spiro atoms. The van der Waals surface area contributed by atoms with E-state index < -0.39 is 0 Å². The molecule has 2 rings (SSSR count). The predicted molar refractivity (Wildman–Crippen MR) is 57.5 cm³/mol. The molecule has 0 aliphatic heterocycles. The monoisotopic (exact) mass is 224 g/mol. The second-order valence-electron chi connectivity index (χ2n) is 2.75. The minimum atomic E-state index is 0.603. The average Bonchev–Trinajstić information content (AvgIpc) is 2.18. The zero-order valence-electron chi connectivity index (χ0n) is 7.11. The maximum absolute atomic E-state index is 5.87. The lowest BCUT2D eigenvalue weighted by Crippen LogP contribution is -1.83. The van der Waals surface area contributed by atoms with Gasteiger partial charge in [0.2, 0.25) is 0 Å². The van der Waals surface area contributed by atoms with Crippen LogP contribution in [0.1, 0.15) is 0 Å². The number of hydrogen-bond acceptors (Lipinski definition) is 2. The first kappa shape index (κ1) is 9.44. The van der Waals surface area contributed by atoms with Crippen molar-refractivity contribution in [1.29, 1.82) is 0 Å². The van der Waals surface area contributed by atoms with Crippen molar-refractivity contribution < 1.29 is 0 Å². The van der Waals surface area contributed by atoms with Gasteiger partial charge < -0.3 is 0 Å². The number of halogens is 2. The van der Waals surface area contributed by atoms with Crippen LogP contribution in [0.25, 0.3) is 11.3 Å². The lowest BCUT2D eigenvalue weighted by Gasteiger charge is -2.01. The molecule has 0 fully saturated rings. The maximum atomic E-state index is 5.87. The molecule has 0 amide bonds. The van der Waals surface area contributed by atoms with Crippen molar-refractivity contribution in [3.05, 3.63) is 46.8 Å². The highest BCUT2D eigenvalue weighted by atomic mass is 35.5. The first-order valence-corrected chi connectivity index (χ1v) is 4.74. The Balaban J connectivity index is 2.52. The summed E-state index contributed by atoms with van der Waals surface area (Å²) in [5.41, 5.74) is 1.70. The van der Waals surface area contributed by atoms with E-state index in [1.165, 1.54) is 6.33 Å². The summed E-state index contributed by atoms with van der Waals surface area (Å²) in [7, 11) is 0. The largest absolute Gasteiger partial charge is 0.245 e. The fourth-order valence-corrected chi connectivity index (χ4v) is 1.69. The highest BCUT2D eigenvalue weighted by molar-refractivity contribution is 6.35. The summed E-state index contributed by atoms with van der Waals surface area (Å²) in [4.78, 5) is 7.94. The Labute approximate surface area is 91.5 Å². The van der Waals surface area contributed by atoms with Crippen molar-refractivity contribution in [3.8, 4) is 11.3 Å². The molecular formula is C10H6Cl2N2. The Bertz CT molecular complexity index is 423. The van der Waals surface area contributed by atoms with Gasteiger partial charge in [-0.2, -0.15) is 0 Å². The molecule has 4 heteroatoms. The Morgan fingerprint density at radius 1 is 1.00 bits per heavy atom. The standard InChI is InChI=1S/C10H6Cl2N2/c11-8-3-7(4-9(12)5-8)10-1-2-13-6-14-10/h1-6H. The molecule has 14 heavy (non-hydrogen) atoms. The molecule has 1 heterocycles. The molecule has 0 radical (unpaired) electrons. The molecule has 1 aromatic carbocycles. The van der Waals surface area contributed by atoms with E-state index in [-0.39, 0.29) is 0 Å². The lowest BCUT2D eigenvalue weighted by atomic mass is 10.1. The summed E-state index contributed by atoms with van der Waals surface area (Å²) in [6, 6.07) is 7.13. The van der Waals surface area contributed by atoms with Crippen LogP contribution in [0, 0.1) is 0 Å². The van der Waals surface area contributed by atoms with Gasteiger partial charge in [-0.1, -0.05) is 23.2 Å². The minimum absolute atomic E-state index is 0.603. The van der Waals surface area contributed by atoms with Gasteiger partial charge in [0.1, 0.15) is 6.33 Å². The predicted octanol–water partition coefficient (Wildman–Crippen LogP) is 3.45. The number of rotatable bonds is 1. The molecule has 0 saturated carbocycles. The Kier molecular flexibility index (Phi) is 2.66. The topological polar surface area (TPSA) is 25.8 Å². The molecule has 0 N–H and O–H groups in total. The maximum Gasteiger partial charge on any atom is 0.116 e. The van der Waals surface area contributed by atoms with E-state index in [0.717, 1.165) is 11.3 Å². The molecular weight excluding hydrogens is 219 g/mol. The summed E-state index contributed by atoms with van der Waals surface area (Å²) in [5.74, 6) is 0. The van der Waals surface area contributed by atoms with Gasteiger partial charge in [-0.25, -0.2) is 9.97 Å². The summed E-state index contributed by atoms with van der Waals surface area (Å²) in [5, 5.41) is 1.21. The van der Waals surface area contributed by atoms with Gasteiger partial charge in [0.15, 0.2) is 0 Å². The average molecular weight is 225 g/mol. The van der Waals surface area contributed by atoms with E-state index in [4.69, 9.17) is 23.2 Å². The number of benzene rings is 1. The van der Waals surface area contributed by atoms with E-state index in [0.29, 0.717) is 10.0 Å². The first-order valence-electron chi connectivity index (χ1n) is 3.98. The fourth-order valence-electron chi connectivity index (χ4n) is 1.16. The van der Waals surface area contributed by atoms with Crippen molar-refractivity contribution in [2.75, 3.05) is 0 Å². The first-order chi connectivity index (χ1) is 6.75. The Morgan fingerprint density at radius 3 is 2.29 bits per heavy atom. The van der Waals surface area contributed by atoms with Crippen molar-refractivity contribution in [1.82, 2.24) is 9.97 Å². The molecule has 0 bridgehead atoms. The molecule has 1 aromatic heterocycles. The molecule has 2 aromatic rings. The summed E-state index contributed by atoms with van der Waals surface area (Å²) >= 11 is 11.7. The van der Waals surface area contributed by atoms with Crippen molar-refractivity contribution >= 4 is 23.2 Å². The lowest BCUT2D eigenvalue weighted by molar-refractivity contribution is 1.17. The van der Waals surface area contributed by atoms with Crippen LogP contribution in [0.2, 0.25) is 10.0 Å². The zero-order chi connectivity index (χ0) is 9.97. The van der Waals surface area contributed by atoms with Crippen LogP contribution < -0.4 is 0 Å². The molecule has 0 atom stereocenters. The van der Waals surface area contributed by atoms with Gasteiger partial charge in [-0.05, 0) is 24.3 Å². The van der Waals surface area contributed by atoms with Crippen molar-refractivity contribution in [2.45, 2.75) is 0 Å². The number of nitrogens with zero attached hydrogens (tertiary/aromatic N) is 2. The molecule has 70 valence electrons. The molecule has 2 nitrogen and oxygen atoms in total. The smallest absolute Gasteiger partial charge is 0.116 e. The second kappa shape index (κ2) is 3.95. The van der Waals surface area contributed by atoms with E-state index in [9.17, 15) is 0 Å². The number of aromatic nitrogens is 2. The normalized spacial score (nSPS) is 10.1. The summed E-state index contributed by atoms with van der Waals surface area (Å²) in [6.45, 7) is 0. The summed E-state index contributed by atoms with van der Waals surface area (Å²) < 4.78 is 0. The van der Waals surface area contributed by atoms with Crippen LogP contribution in [0.4, 0.5) is 0 Å². The highest BCUT2D eigenvalue weighted by Gasteiger charge is 2.01. The van der Waals surface area contributed by atoms with Gasteiger partial charge in [0, 0.05) is 21.8 Å². The minimum Gasteiger partial charge on any atom is -0.245 e. The van der Waals surface area contributed by atoms with Crippen LogP contribution in [-0.4, -0.2) is 9.97 Å². The van der Waals surface area contributed by atoms with Crippen LogP contribution in [0.15, 0.2) is 36.8 Å². The van der Waals surface area contributed by atoms with Gasteiger partial charge >= 0.3 is 0 Å². The van der Waals surface area contributed by atoms with E-state index >= 15 is 0 Å². The van der Waals surface area contributed by atoms with Crippen molar-refractivity contribution in [3.63, 3.8) is 0 Å². The third-order valence-electron chi connectivity index (χ3n) is 1.74. The molecule has 0 saturated heterocycles. The van der Waals surface area contributed by atoms with E-state index in [1.54, 1.807) is 12.3 Å². The van der Waals surface area contributed by atoms with Crippen LogP contribution in [0.3, 0.4) is 0 Å². The summed E-state index contributed by atoms with van der Waals surface area (Å²) in [6.07, 6.45) is 3.17. The van der Waals surface area contributed by atoms with Gasteiger partial charge in [0.05, 0.1) is 5.69 Å². The second-order valence-corrected chi connectivity index (χ2v) is 3.63. The van der Waals surface area contributed by atoms with Crippen LogP contribution in [0.5, 0.6) is 0 Å². The van der Waals surface area contributed by atoms with Crippen LogP contribution in [-0.2, 0) is 0 Å². The van der Waals surface area contributed by atoms with Gasteiger partial charge in [-0.3, -0.25) is 0 Å². The Hall–Kier alpha value is -1.12. The zero-order valence-corrected chi connectivity index (χ0v) is 8.63. The molecule has 0 unspecified atom stereocenters. The fraction of sp³-hybridized carbons (Fsp3) is 0.